The molecule has 1 atom stereocenters. The molecule has 1 unspecified atom stereocenters. The first kappa shape index (κ1) is 16.7. The Morgan fingerprint density at radius 2 is 2.17 bits per heavy atom. The third-order valence-corrected chi connectivity index (χ3v) is 4.92. The average molecular weight is 361 g/mol. The van der Waals surface area contributed by atoms with Crippen LogP contribution in [0.2, 0.25) is 4.47 Å². The molecule has 1 aliphatic carbocycles. The number of benzene rings is 1. The molecule has 1 aliphatic rings. The van der Waals surface area contributed by atoms with Crippen molar-refractivity contribution in [2.75, 3.05) is 7.11 Å². The Hall–Kier alpha value is -2.11. The molecule has 24 heavy (non-hydrogen) atoms. The fourth-order valence-electron chi connectivity index (χ4n) is 2.56. The lowest BCUT2D eigenvalue weighted by Crippen LogP contribution is -2.38. The van der Waals surface area contributed by atoms with Gasteiger partial charge in [0.25, 0.3) is 5.91 Å². The van der Waals surface area contributed by atoms with Crippen LogP contribution in [0.1, 0.15) is 21.7 Å². The Morgan fingerprint density at radius 1 is 1.38 bits per heavy atom. The minimum absolute atomic E-state index is 0.0190. The molecular weight excluding hydrogens is 344 g/mol. The number of rotatable bonds is 5. The highest BCUT2D eigenvalue weighted by Gasteiger charge is 2.25. The Kier molecular flexibility index (Phi) is 5.33. The standard InChI is InChI=1S/C18H17ClN2O2S/c1-23-15-9-7-13(8-10-15)12-21(14-5-3-2-4-6-14)17(22)16-11-20-18(19)24-16/h2-5,7-11,14H,6,12H2,1H3. The number of hydrogen-bond acceptors (Lipinski definition) is 4. The predicted molar refractivity (Wildman–Crippen MR) is 96.7 cm³/mol. The maximum absolute atomic E-state index is 12.9. The number of hydrogen-bond donors (Lipinski definition) is 0. The van der Waals surface area contributed by atoms with Crippen LogP contribution in [0.25, 0.3) is 0 Å². The highest BCUT2D eigenvalue weighted by Crippen LogP contribution is 2.24. The van der Waals surface area contributed by atoms with Crippen molar-refractivity contribution in [1.29, 1.82) is 0 Å². The second kappa shape index (κ2) is 7.64. The summed E-state index contributed by atoms with van der Waals surface area (Å²) in [4.78, 5) is 19.3. The molecule has 0 saturated heterocycles. The smallest absolute Gasteiger partial charge is 0.266 e. The number of allylic oxidation sites excluding steroid dienone is 2. The van der Waals surface area contributed by atoms with E-state index < -0.39 is 0 Å². The Bertz CT molecular complexity index is 768. The number of methoxy groups -OCH3 is 1. The van der Waals surface area contributed by atoms with Gasteiger partial charge in [0.05, 0.1) is 19.3 Å². The van der Waals surface area contributed by atoms with E-state index in [1.807, 2.05) is 47.4 Å². The van der Waals surface area contributed by atoms with Gasteiger partial charge in [-0.2, -0.15) is 0 Å². The zero-order valence-corrected chi connectivity index (χ0v) is 14.8. The van der Waals surface area contributed by atoms with Crippen molar-refractivity contribution in [3.63, 3.8) is 0 Å². The van der Waals surface area contributed by atoms with Gasteiger partial charge in [-0.25, -0.2) is 4.98 Å². The lowest BCUT2D eigenvalue weighted by molar-refractivity contribution is 0.0703. The van der Waals surface area contributed by atoms with Crippen LogP contribution in [0.15, 0.2) is 54.8 Å². The third kappa shape index (κ3) is 3.86. The molecule has 0 aliphatic heterocycles. The summed E-state index contributed by atoms with van der Waals surface area (Å²) in [5.41, 5.74) is 1.04. The summed E-state index contributed by atoms with van der Waals surface area (Å²) in [5.74, 6) is 0.742. The summed E-state index contributed by atoms with van der Waals surface area (Å²) < 4.78 is 5.56. The molecule has 4 nitrogen and oxygen atoms in total. The second-order valence-electron chi connectivity index (χ2n) is 5.37. The lowest BCUT2D eigenvalue weighted by Gasteiger charge is -2.30. The molecule has 0 saturated carbocycles. The van der Waals surface area contributed by atoms with Gasteiger partial charge in [0.1, 0.15) is 10.6 Å². The van der Waals surface area contributed by atoms with E-state index in [2.05, 4.69) is 11.1 Å². The van der Waals surface area contributed by atoms with Crippen LogP contribution >= 0.6 is 22.9 Å². The van der Waals surface area contributed by atoms with Crippen molar-refractivity contribution in [3.05, 3.63) is 69.7 Å². The highest BCUT2D eigenvalue weighted by atomic mass is 35.5. The molecule has 0 bridgehead atoms. The van der Waals surface area contributed by atoms with Gasteiger partial charge in [-0.05, 0) is 24.1 Å². The molecule has 2 aromatic rings. The van der Waals surface area contributed by atoms with E-state index in [0.717, 1.165) is 17.7 Å². The normalized spacial score (nSPS) is 16.2. The van der Waals surface area contributed by atoms with E-state index >= 15 is 0 Å². The Balaban J connectivity index is 1.84. The predicted octanol–water partition coefficient (Wildman–Crippen LogP) is 4.33. The van der Waals surface area contributed by atoms with Crippen molar-refractivity contribution in [2.24, 2.45) is 0 Å². The molecule has 3 rings (SSSR count). The third-order valence-electron chi connectivity index (χ3n) is 3.82. The first-order valence-electron chi connectivity index (χ1n) is 7.56. The number of halogens is 1. The van der Waals surface area contributed by atoms with E-state index in [9.17, 15) is 4.79 Å². The molecule has 0 radical (unpaired) electrons. The summed E-state index contributed by atoms with van der Waals surface area (Å²) in [7, 11) is 1.64. The van der Waals surface area contributed by atoms with Crippen molar-refractivity contribution in [3.8, 4) is 5.75 Å². The van der Waals surface area contributed by atoms with Crippen molar-refractivity contribution in [2.45, 2.75) is 19.0 Å². The first-order chi connectivity index (χ1) is 11.7. The molecule has 1 aromatic carbocycles. The van der Waals surface area contributed by atoms with E-state index in [0.29, 0.717) is 15.9 Å². The molecule has 0 spiro atoms. The molecule has 0 N–H and O–H groups in total. The van der Waals surface area contributed by atoms with E-state index in [1.165, 1.54) is 11.3 Å². The zero-order chi connectivity index (χ0) is 16.9. The molecule has 0 fully saturated rings. The van der Waals surface area contributed by atoms with Gasteiger partial charge in [0.15, 0.2) is 4.47 Å². The zero-order valence-electron chi connectivity index (χ0n) is 13.2. The SMILES string of the molecule is COc1ccc(CN(C(=O)c2cnc(Cl)s2)C2C=CC=CC2)cc1. The summed E-state index contributed by atoms with van der Waals surface area (Å²) in [6.07, 6.45) is 10.4. The van der Waals surface area contributed by atoms with Crippen LogP contribution in [0.5, 0.6) is 5.75 Å². The fourth-order valence-corrected chi connectivity index (χ4v) is 3.45. The number of amides is 1. The van der Waals surface area contributed by atoms with Crippen molar-refractivity contribution < 1.29 is 9.53 Å². The number of carbonyl (C=O) groups is 1. The monoisotopic (exact) mass is 360 g/mol. The van der Waals surface area contributed by atoms with Gasteiger partial charge in [-0.3, -0.25) is 4.79 Å². The topological polar surface area (TPSA) is 42.4 Å². The summed E-state index contributed by atoms with van der Waals surface area (Å²) in [6, 6.07) is 7.77. The number of nitrogens with zero attached hydrogens (tertiary/aromatic N) is 2. The van der Waals surface area contributed by atoms with Crippen LogP contribution < -0.4 is 4.74 Å². The largest absolute Gasteiger partial charge is 0.497 e. The van der Waals surface area contributed by atoms with Crippen LogP contribution in [0, 0.1) is 0 Å². The maximum Gasteiger partial charge on any atom is 0.266 e. The van der Waals surface area contributed by atoms with E-state index in [1.54, 1.807) is 13.3 Å². The highest BCUT2D eigenvalue weighted by molar-refractivity contribution is 7.17. The number of carbonyl (C=O) groups excluding carboxylic acids is 1. The first-order valence-corrected chi connectivity index (χ1v) is 8.75. The quantitative estimate of drug-likeness (QED) is 0.796. The number of thiazole rings is 1. The molecule has 1 aromatic heterocycles. The fraction of sp³-hybridized carbons (Fsp3) is 0.222. The van der Waals surface area contributed by atoms with Crippen LogP contribution in [0.3, 0.4) is 0 Å². The van der Waals surface area contributed by atoms with Crippen LogP contribution in [-0.2, 0) is 6.54 Å². The van der Waals surface area contributed by atoms with E-state index in [4.69, 9.17) is 16.3 Å². The van der Waals surface area contributed by atoms with Gasteiger partial charge < -0.3 is 9.64 Å². The second-order valence-corrected chi connectivity index (χ2v) is 6.99. The van der Waals surface area contributed by atoms with Gasteiger partial charge >= 0.3 is 0 Å². The Labute approximate surface area is 150 Å². The number of aromatic nitrogens is 1. The molecule has 1 heterocycles. The number of ether oxygens (including phenoxy) is 1. The van der Waals surface area contributed by atoms with Crippen LogP contribution in [0.4, 0.5) is 0 Å². The minimum atomic E-state index is -0.0554. The Morgan fingerprint density at radius 3 is 2.75 bits per heavy atom. The lowest BCUT2D eigenvalue weighted by atomic mass is 10.1. The van der Waals surface area contributed by atoms with Gasteiger partial charge in [0.2, 0.25) is 0 Å². The van der Waals surface area contributed by atoms with Crippen LogP contribution in [-0.4, -0.2) is 28.9 Å². The maximum atomic E-state index is 12.9. The van der Waals surface area contributed by atoms with Crippen molar-refractivity contribution >= 4 is 28.8 Å². The van der Waals surface area contributed by atoms with Crippen molar-refractivity contribution in [1.82, 2.24) is 9.88 Å². The van der Waals surface area contributed by atoms with E-state index in [-0.39, 0.29) is 11.9 Å². The summed E-state index contributed by atoms with van der Waals surface area (Å²) in [5, 5.41) is 0. The minimum Gasteiger partial charge on any atom is -0.497 e. The molecule has 1 amide bonds. The molecule has 124 valence electrons. The summed E-state index contributed by atoms with van der Waals surface area (Å²) >= 11 is 7.09. The van der Waals surface area contributed by atoms with Gasteiger partial charge in [-0.1, -0.05) is 59.4 Å². The van der Waals surface area contributed by atoms with Gasteiger partial charge in [0, 0.05) is 6.54 Å². The average Bonchev–Trinajstić information content (AvgIpc) is 3.07. The molecule has 6 heteroatoms. The summed E-state index contributed by atoms with van der Waals surface area (Å²) in [6.45, 7) is 0.515. The molecular formula is C18H17ClN2O2S. The van der Waals surface area contributed by atoms with Gasteiger partial charge in [-0.15, -0.1) is 0 Å².